The monoisotopic (exact) mass is 855 g/mol. The van der Waals surface area contributed by atoms with E-state index in [2.05, 4.69) is 249 Å². The minimum absolute atomic E-state index is 0.164. The van der Waals surface area contributed by atoms with Crippen LogP contribution in [0.4, 0.5) is 17.1 Å². The molecular formula is C66H49N. The molecule has 1 unspecified atom stereocenters. The van der Waals surface area contributed by atoms with Crippen molar-refractivity contribution in [1.29, 1.82) is 0 Å². The molecule has 0 N–H and O–H groups in total. The second-order valence-electron chi connectivity index (χ2n) is 19.1. The molecule has 1 nitrogen and oxygen atoms in total. The van der Waals surface area contributed by atoms with Crippen molar-refractivity contribution in [3.05, 3.63) is 258 Å². The van der Waals surface area contributed by atoms with E-state index in [1.54, 1.807) is 0 Å². The van der Waals surface area contributed by atoms with Crippen molar-refractivity contribution in [2.45, 2.75) is 38.0 Å². The third-order valence-electron chi connectivity index (χ3n) is 15.1. The summed E-state index contributed by atoms with van der Waals surface area (Å²) >= 11 is 0. The highest BCUT2D eigenvalue weighted by Crippen LogP contribution is 2.56. The summed E-state index contributed by atoms with van der Waals surface area (Å²) in [5.74, 6) is 0.399. The van der Waals surface area contributed by atoms with Gasteiger partial charge in [-0.25, -0.2) is 0 Å². The van der Waals surface area contributed by atoms with Crippen molar-refractivity contribution in [2.24, 2.45) is 0 Å². The molecule has 13 rings (SSSR count). The number of anilines is 3. The number of hydrogen-bond acceptors (Lipinski definition) is 1. The summed E-state index contributed by atoms with van der Waals surface area (Å²) < 4.78 is 0. The fraction of sp³-hybridized carbons (Fsp3) is 0.0909. The predicted molar refractivity (Wildman–Crippen MR) is 281 cm³/mol. The first-order chi connectivity index (χ1) is 33.0. The Morgan fingerprint density at radius 2 is 0.866 bits per heavy atom. The number of rotatable bonds is 7. The molecular weight excluding hydrogens is 807 g/mol. The number of benzene rings is 10. The van der Waals surface area contributed by atoms with Gasteiger partial charge in [0, 0.05) is 28.4 Å². The van der Waals surface area contributed by atoms with E-state index in [1.165, 1.54) is 106 Å². The van der Waals surface area contributed by atoms with Gasteiger partial charge in [0.15, 0.2) is 0 Å². The van der Waals surface area contributed by atoms with Gasteiger partial charge in [-0.05, 0) is 161 Å². The van der Waals surface area contributed by atoms with E-state index in [9.17, 15) is 0 Å². The maximum Gasteiger partial charge on any atom is 0.0462 e. The van der Waals surface area contributed by atoms with E-state index in [0.29, 0.717) is 5.92 Å². The molecule has 0 heterocycles. The van der Waals surface area contributed by atoms with Crippen molar-refractivity contribution in [1.82, 2.24) is 0 Å². The molecule has 0 aliphatic heterocycles. The van der Waals surface area contributed by atoms with Crippen molar-refractivity contribution in [3.8, 4) is 77.9 Å². The molecule has 0 amide bonds. The molecule has 0 saturated carbocycles. The molecule has 0 saturated heterocycles. The van der Waals surface area contributed by atoms with E-state index < -0.39 is 0 Å². The number of nitrogens with zero attached hydrogens (tertiary/aromatic N) is 1. The first-order valence-corrected chi connectivity index (χ1v) is 23.8. The Balaban J connectivity index is 0.894. The lowest BCUT2D eigenvalue weighted by atomic mass is 9.78. The average molecular weight is 856 g/mol. The fourth-order valence-electron chi connectivity index (χ4n) is 11.9. The van der Waals surface area contributed by atoms with Crippen molar-refractivity contribution < 1.29 is 0 Å². The molecule has 0 fully saturated rings. The molecule has 0 aromatic heterocycles. The summed E-state index contributed by atoms with van der Waals surface area (Å²) in [5.41, 5.74) is 28.6. The van der Waals surface area contributed by atoms with E-state index in [-0.39, 0.29) is 5.41 Å². The van der Waals surface area contributed by atoms with Gasteiger partial charge < -0.3 is 4.90 Å². The van der Waals surface area contributed by atoms with Gasteiger partial charge in [-0.15, -0.1) is 0 Å². The molecule has 3 aliphatic rings. The van der Waals surface area contributed by atoms with Crippen LogP contribution in [0.25, 0.3) is 77.9 Å². The van der Waals surface area contributed by atoms with Gasteiger partial charge >= 0.3 is 0 Å². The summed E-state index contributed by atoms with van der Waals surface area (Å²) in [6.07, 6.45) is 2.20. The molecule has 0 bridgehead atoms. The highest BCUT2D eigenvalue weighted by molar-refractivity contribution is 5.97. The van der Waals surface area contributed by atoms with Gasteiger partial charge in [0.1, 0.15) is 0 Å². The van der Waals surface area contributed by atoms with Crippen LogP contribution in [0.5, 0.6) is 0 Å². The zero-order valence-corrected chi connectivity index (χ0v) is 37.9. The zero-order valence-electron chi connectivity index (χ0n) is 37.9. The summed E-state index contributed by atoms with van der Waals surface area (Å²) in [6.45, 7) is 4.79. The zero-order chi connectivity index (χ0) is 44.6. The first kappa shape index (κ1) is 39.4. The third kappa shape index (κ3) is 6.37. The molecule has 1 heteroatoms. The quantitative estimate of drug-likeness (QED) is 0.154. The second-order valence-corrected chi connectivity index (χ2v) is 19.1. The molecule has 10 aromatic rings. The Morgan fingerprint density at radius 3 is 1.55 bits per heavy atom. The van der Waals surface area contributed by atoms with Gasteiger partial charge in [0.05, 0.1) is 0 Å². The fourth-order valence-corrected chi connectivity index (χ4v) is 11.9. The molecule has 318 valence electrons. The highest BCUT2D eigenvalue weighted by atomic mass is 15.1. The maximum absolute atomic E-state index is 2.42. The third-order valence-corrected chi connectivity index (χ3v) is 15.1. The van der Waals surface area contributed by atoms with Gasteiger partial charge in [-0.3, -0.25) is 0 Å². The Bertz CT molecular complexity index is 3510. The van der Waals surface area contributed by atoms with Crippen molar-refractivity contribution in [2.75, 3.05) is 4.90 Å². The normalized spacial score (nSPS) is 14.6. The van der Waals surface area contributed by atoms with E-state index in [0.717, 1.165) is 29.9 Å². The van der Waals surface area contributed by atoms with Crippen LogP contribution in [-0.4, -0.2) is 0 Å². The van der Waals surface area contributed by atoms with Crippen LogP contribution >= 0.6 is 0 Å². The molecule has 1 atom stereocenters. The van der Waals surface area contributed by atoms with Crippen LogP contribution in [0.2, 0.25) is 0 Å². The van der Waals surface area contributed by atoms with E-state index in [4.69, 9.17) is 0 Å². The van der Waals surface area contributed by atoms with Crippen LogP contribution in [0, 0.1) is 0 Å². The number of aryl methyl sites for hydroxylation is 1. The lowest BCUT2D eigenvalue weighted by molar-refractivity contribution is 0.662. The van der Waals surface area contributed by atoms with E-state index in [1.807, 2.05) is 0 Å². The van der Waals surface area contributed by atoms with Crippen molar-refractivity contribution >= 4 is 17.1 Å². The Labute approximate surface area is 394 Å². The first-order valence-electron chi connectivity index (χ1n) is 23.8. The van der Waals surface area contributed by atoms with Crippen molar-refractivity contribution in [3.63, 3.8) is 0 Å². The Hall–Kier alpha value is -8.00. The standard InChI is InChI=1S/C66H49N/c1-66(2)62-42-49(44-16-7-4-8-17-44)31-38-58(62)61-23-13-22-55(65(61)66)48-28-36-52(37-29-48)67(50-32-24-45(25-33-50)43-14-5-3-6-15-43)51-34-26-47(27-35-51)54-40-41-60-57-21-12-11-20-56(57)59-39-30-46-18-9-10-19-53(46)63(54)64(59)60/h3-29,31-38,40-42,59H,30,39H2,1-2H3. The maximum atomic E-state index is 2.42. The van der Waals surface area contributed by atoms with Gasteiger partial charge in [-0.1, -0.05) is 202 Å². The average Bonchev–Trinajstić information content (AvgIpc) is 3.75. The molecule has 0 spiro atoms. The van der Waals surface area contributed by atoms with Gasteiger partial charge in [0.25, 0.3) is 0 Å². The Kier molecular flexibility index (Phi) is 9.15. The lowest BCUT2D eigenvalue weighted by Gasteiger charge is -2.27. The highest BCUT2D eigenvalue weighted by Gasteiger charge is 2.38. The smallest absolute Gasteiger partial charge is 0.0462 e. The summed E-state index contributed by atoms with van der Waals surface area (Å²) in [7, 11) is 0. The van der Waals surface area contributed by atoms with Gasteiger partial charge in [-0.2, -0.15) is 0 Å². The largest absolute Gasteiger partial charge is 0.311 e. The summed E-state index contributed by atoms with van der Waals surface area (Å²) in [4.78, 5) is 2.41. The summed E-state index contributed by atoms with van der Waals surface area (Å²) in [6, 6.07) is 85.9. The minimum Gasteiger partial charge on any atom is -0.311 e. The van der Waals surface area contributed by atoms with Gasteiger partial charge in [0.2, 0.25) is 0 Å². The lowest BCUT2D eigenvalue weighted by Crippen LogP contribution is -2.16. The molecule has 10 aromatic carbocycles. The Morgan fingerprint density at radius 1 is 0.373 bits per heavy atom. The van der Waals surface area contributed by atoms with Crippen LogP contribution in [0.1, 0.15) is 54.0 Å². The topological polar surface area (TPSA) is 3.24 Å². The molecule has 0 radical (unpaired) electrons. The SMILES string of the molecule is CC1(C)c2cc(-c3ccccc3)ccc2-c2cccc(-c3ccc(N(c4ccc(-c5ccccc5)cc4)c4ccc(-c5ccc6c7c5-c5ccccc5CCC7c5ccccc5-6)cc4)cc3)c21. The van der Waals surface area contributed by atoms with E-state index >= 15 is 0 Å². The van der Waals surface area contributed by atoms with Crippen LogP contribution < -0.4 is 4.90 Å². The molecule has 67 heavy (non-hydrogen) atoms. The summed E-state index contributed by atoms with van der Waals surface area (Å²) in [5, 5.41) is 0. The molecule has 3 aliphatic carbocycles. The second kappa shape index (κ2) is 15.6. The van der Waals surface area contributed by atoms with Crippen LogP contribution in [-0.2, 0) is 11.8 Å². The predicted octanol–water partition coefficient (Wildman–Crippen LogP) is 17.9. The number of hydrogen-bond donors (Lipinski definition) is 0. The number of fused-ring (bicyclic) bond motifs is 8. The van der Waals surface area contributed by atoms with Crippen LogP contribution in [0.15, 0.2) is 231 Å². The van der Waals surface area contributed by atoms with Crippen LogP contribution in [0.3, 0.4) is 0 Å². The minimum atomic E-state index is -0.164.